The van der Waals surface area contributed by atoms with Crippen LogP contribution in [0.15, 0.2) is 0 Å². The Kier molecular flexibility index (Phi) is 2.62. The Balaban J connectivity index is 2.17. The van der Waals surface area contributed by atoms with Crippen molar-refractivity contribution in [2.24, 2.45) is 0 Å². The Bertz CT molecular complexity index is 63.1. The summed E-state index contributed by atoms with van der Waals surface area (Å²) in [4.78, 5) is 0. The van der Waals surface area contributed by atoms with Crippen molar-refractivity contribution in [2.45, 2.75) is 0 Å². The number of hydrogen-bond acceptors (Lipinski definition) is 3. The van der Waals surface area contributed by atoms with Crippen molar-refractivity contribution in [3.05, 3.63) is 11.0 Å². The predicted molar refractivity (Wildman–Crippen MR) is 34.0 cm³/mol. The third kappa shape index (κ3) is 2.00. The second kappa shape index (κ2) is 3.29. The van der Waals surface area contributed by atoms with Crippen LogP contribution >= 0.6 is 11.8 Å². The van der Waals surface area contributed by atoms with E-state index >= 15 is 0 Å². The van der Waals surface area contributed by atoms with E-state index in [0.29, 0.717) is 17.6 Å². The highest BCUT2D eigenvalue weighted by atomic mass is 32.2. The fourth-order valence-electron chi connectivity index (χ4n) is 0.532. The summed E-state index contributed by atoms with van der Waals surface area (Å²) in [5.41, 5.74) is 0. The van der Waals surface area contributed by atoms with E-state index in [1.807, 2.05) is 5.75 Å². The molecular weight excluding hydrogens is 124 g/mol. The molecule has 0 aromatic heterocycles. The zero-order valence-electron chi connectivity index (χ0n) is 4.52. The second-order valence-corrected chi connectivity index (χ2v) is 2.60. The number of nitrogens with one attached hydrogen (secondary N) is 2. The zero-order valence-corrected chi connectivity index (χ0v) is 5.33. The van der Waals surface area contributed by atoms with Crippen molar-refractivity contribution >= 4 is 11.8 Å². The predicted octanol–water partition coefficient (Wildman–Crippen LogP) is -1.22. The monoisotopic (exact) mass is 133 g/mol. The molecule has 0 amide bonds. The molecule has 3 nitrogen and oxygen atoms in total. The normalized spacial score (nSPS) is 31.9. The van der Waals surface area contributed by atoms with Gasteiger partial charge in [0.2, 0.25) is 0 Å². The molecule has 1 heterocycles. The van der Waals surface area contributed by atoms with Crippen molar-refractivity contribution in [2.75, 3.05) is 19.1 Å². The molecule has 0 saturated carbocycles. The van der Waals surface area contributed by atoms with Crippen LogP contribution < -0.4 is 10.4 Å². The molecule has 1 unspecified atom stereocenters. The van der Waals surface area contributed by atoms with E-state index in [-0.39, 0.29) is 0 Å². The third-order valence-corrected chi connectivity index (χ3v) is 1.80. The SMILES string of the molecule is [O-][NH+]1CNC[CH]SC1. The Morgan fingerprint density at radius 1 is 1.75 bits per heavy atom. The van der Waals surface area contributed by atoms with Gasteiger partial charge in [0.25, 0.3) is 0 Å². The molecule has 0 aromatic rings. The summed E-state index contributed by atoms with van der Waals surface area (Å²) >= 11 is 1.59. The van der Waals surface area contributed by atoms with Crippen LogP contribution in [0.5, 0.6) is 0 Å². The highest BCUT2D eigenvalue weighted by Crippen LogP contribution is 1.99. The summed E-state index contributed by atoms with van der Waals surface area (Å²) in [6.45, 7) is 1.40. The number of hydrogen-bond donors (Lipinski definition) is 2. The first kappa shape index (κ1) is 6.35. The number of thioether (sulfide) groups is 1. The largest absolute Gasteiger partial charge is 0.633 e. The maximum absolute atomic E-state index is 10.6. The number of quaternary nitrogens is 1. The summed E-state index contributed by atoms with van der Waals surface area (Å²) in [5.74, 6) is 2.66. The van der Waals surface area contributed by atoms with E-state index in [9.17, 15) is 5.21 Å². The number of hydroxylamine groups is 2. The standard InChI is InChI=1S/C4H9N2OS/c7-6-3-5-1-2-8-4-6/h2,5-6H,1,3-4H2. The van der Waals surface area contributed by atoms with Crippen LogP contribution in [-0.4, -0.2) is 19.1 Å². The van der Waals surface area contributed by atoms with Crippen molar-refractivity contribution in [3.63, 3.8) is 0 Å². The molecule has 1 fully saturated rings. The molecule has 8 heavy (non-hydrogen) atoms. The molecule has 0 bridgehead atoms. The van der Waals surface area contributed by atoms with Gasteiger partial charge in [0.15, 0.2) is 0 Å². The van der Waals surface area contributed by atoms with E-state index < -0.39 is 0 Å². The Hall–Kier alpha value is 0.230. The fraction of sp³-hybridized carbons (Fsp3) is 0.750. The number of rotatable bonds is 0. The lowest BCUT2D eigenvalue weighted by Crippen LogP contribution is -3.08. The van der Waals surface area contributed by atoms with Gasteiger partial charge >= 0.3 is 0 Å². The molecular formula is C4H9N2OS. The van der Waals surface area contributed by atoms with Crippen LogP contribution in [-0.2, 0) is 0 Å². The molecule has 1 rings (SSSR count). The zero-order chi connectivity index (χ0) is 5.82. The van der Waals surface area contributed by atoms with Gasteiger partial charge in [-0.15, -0.1) is 0 Å². The molecule has 0 spiro atoms. The molecule has 0 aromatic carbocycles. The van der Waals surface area contributed by atoms with Gasteiger partial charge in [-0.05, 0) is 0 Å². The summed E-state index contributed by atoms with van der Waals surface area (Å²) in [5, 5.41) is 13.8. The van der Waals surface area contributed by atoms with E-state index in [2.05, 4.69) is 5.32 Å². The van der Waals surface area contributed by atoms with E-state index in [0.717, 1.165) is 6.54 Å². The average Bonchev–Trinajstić information content (AvgIpc) is 1.94. The van der Waals surface area contributed by atoms with Crippen LogP contribution in [0.3, 0.4) is 0 Å². The first-order valence-corrected chi connectivity index (χ1v) is 3.60. The summed E-state index contributed by atoms with van der Waals surface area (Å²) in [6, 6.07) is 0. The van der Waals surface area contributed by atoms with Crippen molar-refractivity contribution < 1.29 is 5.06 Å². The van der Waals surface area contributed by atoms with Crippen LogP contribution in [0.4, 0.5) is 0 Å². The first-order valence-electron chi connectivity index (χ1n) is 2.55. The maximum atomic E-state index is 10.6. The molecule has 0 aliphatic carbocycles. The Labute approximate surface area is 53.0 Å². The topological polar surface area (TPSA) is 39.5 Å². The van der Waals surface area contributed by atoms with Crippen LogP contribution in [0.2, 0.25) is 0 Å². The molecule has 1 aliphatic heterocycles. The van der Waals surface area contributed by atoms with Crippen molar-refractivity contribution in [3.8, 4) is 0 Å². The first-order chi connectivity index (χ1) is 3.89. The summed E-state index contributed by atoms with van der Waals surface area (Å²) in [6.07, 6.45) is 0. The second-order valence-electron chi connectivity index (χ2n) is 1.65. The minimum Gasteiger partial charge on any atom is -0.633 e. The summed E-state index contributed by atoms with van der Waals surface area (Å²) in [7, 11) is 0. The van der Waals surface area contributed by atoms with Gasteiger partial charge in [-0.2, -0.15) is 0 Å². The molecule has 47 valence electrons. The minimum atomic E-state index is 0.295. The summed E-state index contributed by atoms with van der Waals surface area (Å²) < 4.78 is 0. The van der Waals surface area contributed by atoms with E-state index in [4.69, 9.17) is 0 Å². The molecule has 1 aliphatic rings. The minimum absolute atomic E-state index is 0.295. The molecule has 2 N–H and O–H groups in total. The van der Waals surface area contributed by atoms with Crippen molar-refractivity contribution in [1.29, 1.82) is 0 Å². The molecule has 4 heteroatoms. The average molecular weight is 133 g/mol. The molecule has 1 saturated heterocycles. The lowest BCUT2D eigenvalue weighted by atomic mass is 10.7. The van der Waals surface area contributed by atoms with Crippen molar-refractivity contribution in [1.82, 2.24) is 5.32 Å². The quantitative estimate of drug-likeness (QED) is 0.407. The Morgan fingerprint density at radius 2 is 2.62 bits per heavy atom. The van der Waals surface area contributed by atoms with Gasteiger partial charge < -0.3 is 10.3 Å². The highest BCUT2D eigenvalue weighted by Gasteiger charge is 2.01. The van der Waals surface area contributed by atoms with Crippen LogP contribution in [0.1, 0.15) is 0 Å². The Morgan fingerprint density at radius 3 is 3.50 bits per heavy atom. The third-order valence-electron chi connectivity index (χ3n) is 0.912. The van der Waals surface area contributed by atoms with E-state index in [1.165, 1.54) is 0 Å². The van der Waals surface area contributed by atoms with Crippen LogP contribution in [0, 0.1) is 11.0 Å². The van der Waals surface area contributed by atoms with Gasteiger partial charge in [0, 0.05) is 12.3 Å². The fourth-order valence-corrected chi connectivity index (χ4v) is 1.17. The van der Waals surface area contributed by atoms with Gasteiger partial charge in [-0.1, -0.05) is 11.8 Å². The van der Waals surface area contributed by atoms with E-state index in [1.54, 1.807) is 11.8 Å². The van der Waals surface area contributed by atoms with Gasteiger partial charge in [-0.3, -0.25) is 5.32 Å². The lowest BCUT2D eigenvalue weighted by Gasteiger charge is -2.17. The van der Waals surface area contributed by atoms with Gasteiger partial charge in [0.05, 0.1) is 0 Å². The van der Waals surface area contributed by atoms with Gasteiger partial charge in [-0.25, -0.2) is 0 Å². The van der Waals surface area contributed by atoms with Crippen LogP contribution in [0.25, 0.3) is 0 Å². The van der Waals surface area contributed by atoms with Gasteiger partial charge in [0.1, 0.15) is 12.5 Å². The maximum Gasteiger partial charge on any atom is 0.131 e. The molecule has 1 atom stereocenters. The lowest BCUT2D eigenvalue weighted by molar-refractivity contribution is -0.836. The molecule has 1 radical (unpaired) electrons. The smallest absolute Gasteiger partial charge is 0.131 e. The highest BCUT2D eigenvalue weighted by molar-refractivity contribution is 8.01.